The summed E-state index contributed by atoms with van der Waals surface area (Å²) in [5.41, 5.74) is 0.322. The molecule has 0 bridgehead atoms. The summed E-state index contributed by atoms with van der Waals surface area (Å²) in [6.45, 7) is 4.15. The average Bonchev–Trinajstić information content (AvgIpc) is 2.91. The molecule has 1 amide bonds. The normalized spacial score (nSPS) is 10.4. The van der Waals surface area contributed by atoms with Crippen molar-refractivity contribution in [3.8, 4) is 5.75 Å². The van der Waals surface area contributed by atoms with Gasteiger partial charge in [0, 0.05) is 18.2 Å². The third-order valence-corrected chi connectivity index (χ3v) is 2.71. The zero-order valence-electron chi connectivity index (χ0n) is 11.9. The Kier molecular flexibility index (Phi) is 4.86. The maximum absolute atomic E-state index is 13.7. The van der Waals surface area contributed by atoms with Crippen molar-refractivity contribution in [3.63, 3.8) is 0 Å². The van der Waals surface area contributed by atoms with Crippen molar-refractivity contribution >= 4 is 11.6 Å². The van der Waals surface area contributed by atoms with Crippen molar-refractivity contribution in [1.82, 2.24) is 15.2 Å². The van der Waals surface area contributed by atoms with E-state index < -0.39 is 11.7 Å². The van der Waals surface area contributed by atoms with Gasteiger partial charge in [-0.1, -0.05) is 6.92 Å². The summed E-state index contributed by atoms with van der Waals surface area (Å²) >= 11 is 0. The van der Waals surface area contributed by atoms with Crippen molar-refractivity contribution in [2.24, 2.45) is 0 Å². The van der Waals surface area contributed by atoms with Crippen LogP contribution >= 0.6 is 0 Å². The number of halogens is 1. The van der Waals surface area contributed by atoms with E-state index in [4.69, 9.17) is 4.74 Å². The van der Waals surface area contributed by atoms with Gasteiger partial charge in [0.15, 0.2) is 11.6 Å². The van der Waals surface area contributed by atoms with Crippen LogP contribution in [0.25, 0.3) is 0 Å². The number of nitrogens with zero attached hydrogens (tertiary/aromatic N) is 2. The van der Waals surface area contributed by atoms with Gasteiger partial charge in [0.1, 0.15) is 5.82 Å². The number of carbonyl (C=O) groups excluding carboxylic acids is 1. The third-order valence-electron chi connectivity index (χ3n) is 2.71. The van der Waals surface area contributed by atoms with Crippen molar-refractivity contribution < 1.29 is 13.9 Å². The minimum Gasteiger partial charge on any atom is -0.491 e. The molecule has 0 saturated heterocycles. The number of aromatic amines is 1. The molecule has 2 N–H and O–H groups in total. The van der Waals surface area contributed by atoms with Gasteiger partial charge in [-0.3, -0.25) is 9.89 Å². The van der Waals surface area contributed by atoms with E-state index in [0.29, 0.717) is 18.1 Å². The van der Waals surface area contributed by atoms with E-state index in [2.05, 4.69) is 20.5 Å². The van der Waals surface area contributed by atoms with Crippen LogP contribution < -0.4 is 10.1 Å². The number of rotatable bonds is 6. The molecule has 1 aromatic heterocycles. The van der Waals surface area contributed by atoms with Gasteiger partial charge in [0.2, 0.25) is 5.82 Å². The first kappa shape index (κ1) is 15.0. The van der Waals surface area contributed by atoms with Crippen molar-refractivity contribution in [2.45, 2.75) is 26.7 Å². The summed E-state index contributed by atoms with van der Waals surface area (Å²) in [4.78, 5) is 16.0. The number of aromatic nitrogens is 3. The van der Waals surface area contributed by atoms with Crippen LogP contribution in [0.2, 0.25) is 0 Å². The highest BCUT2D eigenvalue weighted by molar-refractivity contribution is 6.01. The summed E-state index contributed by atoms with van der Waals surface area (Å²) in [5, 5.41) is 9.07. The Morgan fingerprint density at radius 1 is 1.43 bits per heavy atom. The number of amides is 1. The molecular weight excluding hydrogens is 275 g/mol. The first-order chi connectivity index (χ1) is 10.1. The van der Waals surface area contributed by atoms with E-state index >= 15 is 0 Å². The minimum atomic E-state index is -0.531. The monoisotopic (exact) mass is 292 g/mol. The molecule has 0 fully saturated rings. The number of aryl methyl sites for hydroxylation is 1. The van der Waals surface area contributed by atoms with E-state index in [1.54, 1.807) is 13.0 Å². The first-order valence-electron chi connectivity index (χ1n) is 6.79. The largest absolute Gasteiger partial charge is 0.491 e. The predicted molar refractivity (Wildman–Crippen MR) is 75.9 cm³/mol. The SMILES string of the molecule is CCCc1nc(C(=O)Nc2ccc(OCC)c(F)c2)n[nH]1. The van der Waals surface area contributed by atoms with Crippen LogP contribution in [-0.2, 0) is 6.42 Å². The van der Waals surface area contributed by atoms with Gasteiger partial charge >= 0.3 is 0 Å². The van der Waals surface area contributed by atoms with Crippen LogP contribution in [0, 0.1) is 5.82 Å². The quantitative estimate of drug-likeness (QED) is 0.857. The summed E-state index contributed by atoms with van der Waals surface area (Å²) in [6.07, 6.45) is 1.62. The Labute approximate surface area is 121 Å². The zero-order chi connectivity index (χ0) is 15.2. The van der Waals surface area contributed by atoms with Gasteiger partial charge in [-0.15, -0.1) is 5.10 Å². The Hall–Kier alpha value is -2.44. The van der Waals surface area contributed by atoms with E-state index in [1.807, 2.05) is 6.92 Å². The molecule has 2 aromatic rings. The highest BCUT2D eigenvalue weighted by Gasteiger charge is 2.13. The number of ether oxygens (including phenoxy) is 1. The fraction of sp³-hybridized carbons (Fsp3) is 0.357. The fourth-order valence-corrected chi connectivity index (χ4v) is 1.78. The molecule has 1 aromatic carbocycles. The summed E-state index contributed by atoms with van der Waals surface area (Å²) < 4.78 is 18.8. The first-order valence-corrected chi connectivity index (χ1v) is 6.79. The lowest BCUT2D eigenvalue weighted by Crippen LogP contribution is -2.14. The molecule has 7 heteroatoms. The van der Waals surface area contributed by atoms with E-state index in [0.717, 1.165) is 12.8 Å². The van der Waals surface area contributed by atoms with Crippen LogP contribution in [0.15, 0.2) is 18.2 Å². The van der Waals surface area contributed by atoms with Gasteiger partial charge in [0.25, 0.3) is 5.91 Å². The predicted octanol–water partition coefficient (Wildman–Crippen LogP) is 2.55. The Balaban J connectivity index is 2.06. The van der Waals surface area contributed by atoms with E-state index in [-0.39, 0.29) is 11.6 Å². The summed E-state index contributed by atoms with van der Waals surface area (Å²) in [5.74, 6) is -0.180. The molecule has 0 atom stereocenters. The molecule has 0 saturated carbocycles. The van der Waals surface area contributed by atoms with Crippen molar-refractivity contribution in [1.29, 1.82) is 0 Å². The molecule has 6 nitrogen and oxygen atoms in total. The molecule has 0 unspecified atom stereocenters. The van der Waals surface area contributed by atoms with Gasteiger partial charge < -0.3 is 10.1 Å². The number of H-pyrrole nitrogens is 1. The smallest absolute Gasteiger partial charge is 0.295 e. The molecule has 0 spiro atoms. The molecule has 0 aliphatic heterocycles. The molecule has 0 aliphatic rings. The number of benzene rings is 1. The van der Waals surface area contributed by atoms with Crippen molar-refractivity contribution in [3.05, 3.63) is 35.7 Å². The maximum Gasteiger partial charge on any atom is 0.295 e. The number of anilines is 1. The van der Waals surface area contributed by atoms with Crippen LogP contribution in [0.3, 0.4) is 0 Å². The highest BCUT2D eigenvalue weighted by atomic mass is 19.1. The Morgan fingerprint density at radius 3 is 2.90 bits per heavy atom. The van der Waals surface area contributed by atoms with Crippen LogP contribution in [0.5, 0.6) is 5.75 Å². The maximum atomic E-state index is 13.7. The second kappa shape index (κ2) is 6.83. The molecular formula is C14H17FN4O2. The fourth-order valence-electron chi connectivity index (χ4n) is 1.78. The van der Waals surface area contributed by atoms with Crippen molar-refractivity contribution in [2.75, 3.05) is 11.9 Å². The van der Waals surface area contributed by atoms with E-state index in [9.17, 15) is 9.18 Å². The third kappa shape index (κ3) is 3.77. The van der Waals surface area contributed by atoms with Crippen LogP contribution in [0.4, 0.5) is 10.1 Å². The number of hydrogen-bond acceptors (Lipinski definition) is 4. The summed E-state index contributed by atoms with van der Waals surface area (Å²) in [6, 6.07) is 4.23. The molecule has 1 heterocycles. The van der Waals surface area contributed by atoms with Crippen LogP contribution in [0.1, 0.15) is 36.7 Å². The summed E-state index contributed by atoms with van der Waals surface area (Å²) in [7, 11) is 0. The molecule has 112 valence electrons. The second-order valence-corrected chi connectivity index (χ2v) is 4.39. The Bertz CT molecular complexity index is 627. The van der Waals surface area contributed by atoms with Crippen LogP contribution in [-0.4, -0.2) is 27.7 Å². The lowest BCUT2D eigenvalue weighted by Gasteiger charge is -2.07. The topological polar surface area (TPSA) is 79.9 Å². The minimum absolute atomic E-state index is 0.0349. The van der Waals surface area contributed by atoms with Gasteiger partial charge in [-0.05, 0) is 25.5 Å². The highest BCUT2D eigenvalue weighted by Crippen LogP contribution is 2.21. The molecule has 0 radical (unpaired) electrons. The van der Waals surface area contributed by atoms with E-state index in [1.165, 1.54) is 12.1 Å². The number of nitrogens with one attached hydrogen (secondary N) is 2. The molecule has 21 heavy (non-hydrogen) atoms. The standard InChI is InChI=1S/C14H17FN4O2/c1-3-5-12-17-13(19-18-12)14(20)16-9-6-7-11(21-4-2)10(15)8-9/h6-8H,3-5H2,1-2H3,(H,16,20)(H,17,18,19). The number of carbonyl (C=O) groups is 1. The Morgan fingerprint density at radius 2 is 2.24 bits per heavy atom. The van der Waals surface area contributed by atoms with Gasteiger partial charge in [0.05, 0.1) is 6.61 Å². The molecule has 0 aliphatic carbocycles. The van der Waals surface area contributed by atoms with Gasteiger partial charge in [-0.2, -0.15) is 0 Å². The lowest BCUT2D eigenvalue weighted by atomic mass is 10.3. The number of hydrogen-bond donors (Lipinski definition) is 2. The lowest BCUT2D eigenvalue weighted by molar-refractivity contribution is 0.101. The molecule has 2 rings (SSSR count). The van der Waals surface area contributed by atoms with Gasteiger partial charge in [-0.25, -0.2) is 9.37 Å². The average molecular weight is 292 g/mol. The second-order valence-electron chi connectivity index (χ2n) is 4.39. The zero-order valence-corrected chi connectivity index (χ0v) is 11.9.